The molecule has 0 aliphatic rings. The van der Waals surface area contributed by atoms with Crippen LogP contribution in [0.3, 0.4) is 0 Å². The second kappa shape index (κ2) is 4.91. The van der Waals surface area contributed by atoms with Gasteiger partial charge in [0.2, 0.25) is 5.91 Å². The lowest BCUT2D eigenvalue weighted by Gasteiger charge is -2.06. The Labute approximate surface area is 68.5 Å². The molecule has 0 bridgehead atoms. The molecule has 11 heavy (non-hydrogen) atoms. The molecule has 0 unspecified atom stereocenters. The number of carbonyl (C=O) groups excluding carboxylic acids is 1. The molecule has 0 aromatic carbocycles. The van der Waals surface area contributed by atoms with Crippen molar-refractivity contribution in [3.63, 3.8) is 0 Å². The third-order valence-corrected chi connectivity index (χ3v) is 0.421. The van der Waals surface area contributed by atoms with Crippen LogP contribution in [0.25, 0.3) is 0 Å². The Bertz CT molecular complexity index is 127. The van der Waals surface area contributed by atoms with Gasteiger partial charge in [0.05, 0.1) is 0 Å². The lowest BCUT2D eigenvalue weighted by atomic mass is 10.1. The number of rotatable bonds is 1. The molecule has 0 atom stereocenters. The van der Waals surface area contributed by atoms with E-state index in [1.165, 1.54) is 0 Å². The van der Waals surface area contributed by atoms with E-state index in [0.717, 1.165) is 0 Å². The van der Waals surface area contributed by atoms with Gasteiger partial charge in [0.15, 0.2) is 0 Å². The molecule has 0 aliphatic carbocycles. The fraction of sp³-hybridized carbons (Fsp3) is 0.625. The number of amides is 1. The molecule has 0 saturated carbocycles. The molecule has 3 heteroatoms. The first kappa shape index (κ1) is 12.8. The van der Waals surface area contributed by atoms with Crippen molar-refractivity contribution >= 4 is 5.91 Å². The number of carbonyl (C=O) groups is 1. The van der Waals surface area contributed by atoms with Crippen LogP contribution in [0.5, 0.6) is 0 Å². The van der Waals surface area contributed by atoms with E-state index >= 15 is 0 Å². The Morgan fingerprint density at radius 2 is 1.45 bits per heavy atom. The summed E-state index contributed by atoms with van der Waals surface area (Å²) < 4.78 is 0. The van der Waals surface area contributed by atoms with Gasteiger partial charge in [-0.3, -0.25) is 4.79 Å². The zero-order valence-electron chi connectivity index (χ0n) is 7.77. The summed E-state index contributed by atoms with van der Waals surface area (Å²) in [4.78, 5) is 9.82. The maximum absolute atomic E-state index is 9.82. The third kappa shape index (κ3) is 46.9. The molecular weight excluding hydrogens is 140 g/mol. The van der Waals surface area contributed by atoms with Gasteiger partial charge >= 0.3 is 0 Å². The molecule has 0 saturated heterocycles. The molecule has 0 aromatic heterocycles. The van der Waals surface area contributed by atoms with Crippen LogP contribution in [0, 0.1) is 0 Å². The smallest absolute Gasteiger partial charge is 0.243 e. The number of hydrogen-bond acceptors (Lipinski definition) is 2. The van der Waals surface area contributed by atoms with Crippen LogP contribution in [-0.2, 0) is 4.79 Å². The van der Waals surface area contributed by atoms with Crippen molar-refractivity contribution in [2.24, 2.45) is 11.5 Å². The zero-order chi connectivity index (χ0) is 9.65. The number of nitrogens with two attached hydrogens (primary N) is 2. The maximum Gasteiger partial charge on any atom is 0.243 e. The van der Waals surface area contributed by atoms with Crippen LogP contribution in [0.1, 0.15) is 27.7 Å². The molecule has 0 heterocycles. The predicted octanol–water partition coefficient (Wildman–Crippen LogP) is 0.791. The SMILES string of the molecule is C=C(C)C(N)=O.CC(C)(C)N. The molecular formula is C8H18N2O. The summed E-state index contributed by atoms with van der Waals surface area (Å²) >= 11 is 0. The maximum atomic E-state index is 9.82. The van der Waals surface area contributed by atoms with Crippen LogP contribution in [0.15, 0.2) is 12.2 Å². The summed E-state index contributed by atoms with van der Waals surface area (Å²) in [5, 5.41) is 0. The fourth-order valence-electron chi connectivity index (χ4n) is 0. The van der Waals surface area contributed by atoms with E-state index < -0.39 is 5.91 Å². The monoisotopic (exact) mass is 158 g/mol. The van der Waals surface area contributed by atoms with E-state index in [9.17, 15) is 4.79 Å². The minimum atomic E-state index is -0.435. The Morgan fingerprint density at radius 1 is 1.36 bits per heavy atom. The second-order valence-electron chi connectivity index (χ2n) is 3.51. The standard InChI is InChI=1S/C4H7NO.C4H11N/c1-3(2)4(5)6;1-4(2,3)5/h1H2,2H3,(H2,5,6);5H2,1-3H3. The summed E-state index contributed by atoms with van der Waals surface area (Å²) in [6.07, 6.45) is 0. The Morgan fingerprint density at radius 3 is 1.45 bits per heavy atom. The second-order valence-corrected chi connectivity index (χ2v) is 3.51. The Balaban J connectivity index is 0. The summed E-state index contributed by atoms with van der Waals surface area (Å²) in [6, 6.07) is 0. The highest BCUT2D eigenvalue weighted by Gasteiger charge is 1.95. The first-order valence-electron chi connectivity index (χ1n) is 3.39. The van der Waals surface area contributed by atoms with Crippen LogP contribution >= 0.6 is 0 Å². The average Bonchev–Trinajstić information content (AvgIpc) is 1.59. The largest absolute Gasteiger partial charge is 0.366 e. The molecule has 0 fully saturated rings. The van der Waals surface area contributed by atoms with E-state index in [1.807, 2.05) is 20.8 Å². The van der Waals surface area contributed by atoms with E-state index in [0.29, 0.717) is 5.57 Å². The van der Waals surface area contributed by atoms with Gasteiger partial charge in [-0.1, -0.05) is 6.58 Å². The molecule has 3 nitrogen and oxygen atoms in total. The molecule has 0 rings (SSSR count). The molecule has 0 radical (unpaired) electrons. The van der Waals surface area contributed by atoms with Crippen LogP contribution < -0.4 is 11.5 Å². The van der Waals surface area contributed by atoms with Gasteiger partial charge in [-0.15, -0.1) is 0 Å². The summed E-state index contributed by atoms with van der Waals surface area (Å²) in [7, 11) is 0. The topological polar surface area (TPSA) is 69.1 Å². The predicted molar refractivity (Wildman–Crippen MR) is 47.9 cm³/mol. The third-order valence-electron chi connectivity index (χ3n) is 0.421. The zero-order valence-corrected chi connectivity index (χ0v) is 7.77. The lowest BCUT2D eigenvalue weighted by Crippen LogP contribution is -2.26. The first-order valence-corrected chi connectivity index (χ1v) is 3.39. The van der Waals surface area contributed by atoms with Crippen molar-refractivity contribution in [1.29, 1.82) is 0 Å². The number of primary amides is 1. The van der Waals surface area contributed by atoms with E-state index in [-0.39, 0.29) is 5.54 Å². The fourth-order valence-corrected chi connectivity index (χ4v) is 0. The van der Waals surface area contributed by atoms with Crippen LogP contribution in [0.2, 0.25) is 0 Å². The van der Waals surface area contributed by atoms with Gasteiger partial charge in [-0.25, -0.2) is 0 Å². The summed E-state index contributed by atoms with van der Waals surface area (Å²) in [6.45, 7) is 10.7. The Hall–Kier alpha value is -0.830. The lowest BCUT2D eigenvalue weighted by molar-refractivity contribution is -0.114. The molecule has 0 aromatic rings. The average molecular weight is 158 g/mol. The highest BCUT2D eigenvalue weighted by molar-refractivity contribution is 5.90. The van der Waals surface area contributed by atoms with E-state index in [4.69, 9.17) is 11.5 Å². The molecule has 4 N–H and O–H groups in total. The first-order chi connectivity index (χ1) is 4.64. The van der Waals surface area contributed by atoms with Crippen molar-refractivity contribution in [1.82, 2.24) is 0 Å². The molecule has 0 aliphatic heterocycles. The van der Waals surface area contributed by atoms with Gasteiger partial charge in [-0.05, 0) is 27.7 Å². The van der Waals surface area contributed by atoms with Crippen molar-refractivity contribution < 1.29 is 4.79 Å². The molecule has 0 spiro atoms. The normalized spacial score (nSPS) is 9.55. The van der Waals surface area contributed by atoms with Gasteiger partial charge in [0.1, 0.15) is 0 Å². The van der Waals surface area contributed by atoms with E-state index in [2.05, 4.69) is 6.58 Å². The van der Waals surface area contributed by atoms with E-state index in [1.54, 1.807) is 6.92 Å². The highest BCUT2D eigenvalue weighted by Crippen LogP contribution is 1.88. The van der Waals surface area contributed by atoms with Crippen molar-refractivity contribution in [3.8, 4) is 0 Å². The van der Waals surface area contributed by atoms with Crippen molar-refractivity contribution in [3.05, 3.63) is 12.2 Å². The quantitative estimate of drug-likeness (QED) is 0.554. The van der Waals surface area contributed by atoms with Crippen molar-refractivity contribution in [2.75, 3.05) is 0 Å². The Kier molecular flexibility index (Phi) is 5.71. The van der Waals surface area contributed by atoms with Gasteiger partial charge in [-0.2, -0.15) is 0 Å². The highest BCUT2D eigenvalue weighted by atomic mass is 16.1. The summed E-state index contributed by atoms with van der Waals surface area (Å²) in [5.41, 5.74) is 10.4. The van der Waals surface area contributed by atoms with Crippen LogP contribution in [0.4, 0.5) is 0 Å². The molecule has 66 valence electrons. The van der Waals surface area contributed by atoms with Crippen LogP contribution in [-0.4, -0.2) is 11.4 Å². The molecule has 1 amide bonds. The minimum absolute atomic E-state index is 0. The minimum Gasteiger partial charge on any atom is -0.366 e. The van der Waals surface area contributed by atoms with Gasteiger partial charge in [0.25, 0.3) is 0 Å². The summed E-state index contributed by atoms with van der Waals surface area (Å²) in [5.74, 6) is -0.435. The van der Waals surface area contributed by atoms with Gasteiger partial charge in [0, 0.05) is 11.1 Å². The van der Waals surface area contributed by atoms with Crippen molar-refractivity contribution in [2.45, 2.75) is 33.2 Å². The van der Waals surface area contributed by atoms with Gasteiger partial charge < -0.3 is 11.5 Å². The number of hydrogen-bond donors (Lipinski definition) is 2.